The number of fused-ring (bicyclic) bond motifs is 1. The molecule has 1 fully saturated rings. The van der Waals surface area contributed by atoms with Crippen LogP contribution >= 0.6 is 23.4 Å². The number of benzene rings is 3. The summed E-state index contributed by atoms with van der Waals surface area (Å²) in [5.74, 6) is 1.28. The molecule has 2 heterocycles. The van der Waals surface area contributed by atoms with Crippen LogP contribution in [0.4, 0.5) is 5.69 Å². The Morgan fingerprint density at radius 1 is 0.952 bits per heavy atom. The predicted molar refractivity (Wildman–Crippen MR) is 168 cm³/mol. The van der Waals surface area contributed by atoms with Gasteiger partial charge in [0.1, 0.15) is 17.2 Å². The first-order valence-corrected chi connectivity index (χ1v) is 15.3. The van der Waals surface area contributed by atoms with Gasteiger partial charge in [0.2, 0.25) is 5.91 Å². The van der Waals surface area contributed by atoms with Crippen molar-refractivity contribution in [2.24, 2.45) is 0 Å². The van der Waals surface area contributed by atoms with Crippen LogP contribution in [0.5, 0.6) is 11.5 Å². The summed E-state index contributed by atoms with van der Waals surface area (Å²) in [5.41, 5.74) is 3.76. The fraction of sp³-hybridized carbons (Fsp3) is 0.312. The molecule has 8 nitrogen and oxygen atoms in total. The number of esters is 1. The Hall–Kier alpha value is -3.82. The molecule has 0 saturated carbocycles. The Morgan fingerprint density at radius 2 is 1.64 bits per heavy atom. The largest absolute Gasteiger partial charge is 0.497 e. The van der Waals surface area contributed by atoms with Crippen LogP contribution in [0.1, 0.15) is 33.8 Å². The highest BCUT2D eigenvalue weighted by atomic mass is 35.5. The van der Waals surface area contributed by atoms with E-state index in [4.69, 9.17) is 25.8 Å². The number of amides is 1. The highest BCUT2D eigenvalue weighted by Gasteiger charge is 2.30. The van der Waals surface area contributed by atoms with Gasteiger partial charge in [-0.15, -0.1) is 11.8 Å². The maximum atomic E-state index is 13.5. The van der Waals surface area contributed by atoms with E-state index in [2.05, 4.69) is 9.88 Å². The minimum absolute atomic E-state index is 0.0431. The topological polar surface area (TPSA) is 84.1 Å². The third kappa shape index (κ3) is 6.32. The SMILES string of the molecule is CCOC(=O)c1[nH]c2ccc(OC)cc2c1[C@H](SCC(=O)N1CCN(c2ccc(OC)cc2)CC1)c1ccccc1Cl. The molecule has 0 radical (unpaired) electrons. The number of halogens is 1. The summed E-state index contributed by atoms with van der Waals surface area (Å²) in [7, 11) is 3.26. The average molecular weight is 608 g/mol. The zero-order valence-electron chi connectivity index (χ0n) is 23.9. The molecule has 3 aromatic carbocycles. The van der Waals surface area contributed by atoms with Crippen molar-refractivity contribution in [3.8, 4) is 11.5 Å². The van der Waals surface area contributed by atoms with Crippen LogP contribution in [-0.4, -0.2) is 74.5 Å². The van der Waals surface area contributed by atoms with Crippen LogP contribution in [-0.2, 0) is 9.53 Å². The molecule has 220 valence electrons. The molecular formula is C32H34ClN3O5S. The molecular weight excluding hydrogens is 574 g/mol. The first-order valence-electron chi connectivity index (χ1n) is 13.8. The lowest BCUT2D eigenvalue weighted by atomic mass is 10.0. The number of carbonyl (C=O) groups excluding carboxylic acids is 2. The second-order valence-corrected chi connectivity index (χ2v) is 11.3. The quantitative estimate of drug-likeness (QED) is 0.215. The number of methoxy groups -OCH3 is 2. The fourth-order valence-electron chi connectivity index (χ4n) is 5.22. The molecule has 4 aromatic rings. The van der Waals surface area contributed by atoms with Crippen LogP contribution in [0.3, 0.4) is 0 Å². The predicted octanol–water partition coefficient (Wildman–Crippen LogP) is 6.19. The second kappa shape index (κ2) is 13.4. The monoisotopic (exact) mass is 607 g/mol. The van der Waals surface area contributed by atoms with Gasteiger partial charge < -0.3 is 29.0 Å². The lowest BCUT2D eigenvalue weighted by Gasteiger charge is -2.36. The molecule has 1 aliphatic heterocycles. The van der Waals surface area contributed by atoms with Crippen LogP contribution in [0, 0.1) is 0 Å². The van der Waals surface area contributed by atoms with Gasteiger partial charge in [-0.2, -0.15) is 0 Å². The van der Waals surface area contributed by atoms with Crippen molar-refractivity contribution in [2.45, 2.75) is 12.2 Å². The van der Waals surface area contributed by atoms with E-state index in [1.54, 1.807) is 21.1 Å². The molecule has 1 atom stereocenters. The Kier molecular flexibility index (Phi) is 9.49. The zero-order chi connectivity index (χ0) is 29.6. The summed E-state index contributed by atoms with van der Waals surface area (Å²) >= 11 is 8.18. The average Bonchev–Trinajstić information content (AvgIpc) is 3.41. The van der Waals surface area contributed by atoms with Gasteiger partial charge >= 0.3 is 5.97 Å². The summed E-state index contributed by atoms with van der Waals surface area (Å²) in [6, 6.07) is 21.1. The Labute approximate surface area is 254 Å². The summed E-state index contributed by atoms with van der Waals surface area (Å²) in [5, 5.41) is 0.960. The van der Waals surface area contributed by atoms with Gasteiger partial charge in [-0.05, 0) is 61.0 Å². The fourth-order valence-corrected chi connectivity index (χ4v) is 6.82. The number of hydrogen-bond acceptors (Lipinski definition) is 7. The van der Waals surface area contributed by atoms with Crippen molar-refractivity contribution in [2.75, 3.05) is 57.7 Å². The van der Waals surface area contributed by atoms with E-state index in [1.807, 2.05) is 71.6 Å². The zero-order valence-corrected chi connectivity index (χ0v) is 25.5. The van der Waals surface area contributed by atoms with Gasteiger partial charge in [-0.1, -0.05) is 29.8 Å². The number of hydrogen-bond donors (Lipinski definition) is 1. The number of nitrogens with one attached hydrogen (secondary N) is 1. The normalized spacial score (nSPS) is 14.1. The number of aromatic amines is 1. The van der Waals surface area contributed by atoms with Crippen LogP contribution in [0.2, 0.25) is 5.02 Å². The van der Waals surface area contributed by atoms with E-state index in [9.17, 15) is 9.59 Å². The Balaban J connectivity index is 1.40. The molecule has 42 heavy (non-hydrogen) atoms. The lowest BCUT2D eigenvalue weighted by molar-refractivity contribution is -0.128. The summed E-state index contributed by atoms with van der Waals surface area (Å²) < 4.78 is 16.2. The highest BCUT2D eigenvalue weighted by molar-refractivity contribution is 8.00. The van der Waals surface area contributed by atoms with E-state index >= 15 is 0 Å². The van der Waals surface area contributed by atoms with Crippen LogP contribution in [0.25, 0.3) is 10.9 Å². The Morgan fingerprint density at radius 3 is 2.31 bits per heavy atom. The van der Waals surface area contributed by atoms with E-state index in [0.29, 0.717) is 29.6 Å². The van der Waals surface area contributed by atoms with E-state index in [1.165, 1.54) is 11.8 Å². The third-order valence-electron chi connectivity index (χ3n) is 7.42. The van der Waals surface area contributed by atoms with Crippen LogP contribution in [0.15, 0.2) is 66.7 Å². The molecule has 1 N–H and O–H groups in total. The van der Waals surface area contributed by atoms with Crippen molar-refractivity contribution >= 4 is 51.8 Å². The molecule has 1 aromatic heterocycles. The van der Waals surface area contributed by atoms with Crippen molar-refractivity contribution in [1.29, 1.82) is 0 Å². The van der Waals surface area contributed by atoms with E-state index in [-0.39, 0.29) is 18.3 Å². The van der Waals surface area contributed by atoms with Crippen molar-refractivity contribution < 1.29 is 23.8 Å². The second-order valence-electron chi connectivity index (χ2n) is 9.82. The minimum atomic E-state index is -0.457. The third-order valence-corrected chi connectivity index (χ3v) is 9.00. The lowest BCUT2D eigenvalue weighted by Crippen LogP contribution is -2.49. The summed E-state index contributed by atoms with van der Waals surface area (Å²) in [6.45, 7) is 4.75. The van der Waals surface area contributed by atoms with Gasteiger partial charge in [0.25, 0.3) is 0 Å². The molecule has 0 unspecified atom stereocenters. The standard InChI is InChI=1S/C32H34ClN3O5S/c1-4-41-32(38)30-29(25-19-23(40-3)13-14-27(25)34-30)31(24-7-5-6-8-26(24)33)42-20-28(37)36-17-15-35(16-18-36)21-9-11-22(39-2)12-10-21/h5-14,19,31,34H,4,15-18,20H2,1-3H3/t31-/m1/s1. The van der Waals surface area contributed by atoms with Gasteiger partial charge in [0.05, 0.1) is 31.8 Å². The van der Waals surface area contributed by atoms with Crippen LogP contribution < -0.4 is 14.4 Å². The molecule has 0 bridgehead atoms. The highest BCUT2D eigenvalue weighted by Crippen LogP contribution is 2.44. The number of H-pyrrole nitrogens is 1. The van der Waals surface area contributed by atoms with E-state index < -0.39 is 11.2 Å². The molecule has 0 spiro atoms. The Bertz CT molecular complexity index is 1550. The maximum absolute atomic E-state index is 13.5. The number of thioether (sulfide) groups is 1. The maximum Gasteiger partial charge on any atom is 0.355 e. The first-order chi connectivity index (χ1) is 20.4. The van der Waals surface area contributed by atoms with Gasteiger partial charge in [-0.3, -0.25) is 4.79 Å². The minimum Gasteiger partial charge on any atom is -0.497 e. The van der Waals surface area contributed by atoms with Crippen molar-refractivity contribution in [1.82, 2.24) is 9.88 Å². The number of aromatic nitrogens is 1. The number of carbonyl (C=O) groups is 2. The summed E-state index contributed by atoms with van der Waals surface area (Å²) in [4.78, 5) is 34.1. The number of ether oxygens (including phenoxy) is 3. The van der Waals surface area contributed by atoms with Crippen molar-refractivity contribution in [3.05, 3.63) is 88.6 Å². The number of rotatable bonds is 10. The van der Waals surface area contributed by atoms with Gasteiger partial charge in [0.15, 0.2) is 0 Å². The number of piperazine rings is 1. The van der Waals surface area contributed by atoms with Crippen molar-refractivity contribution in [3.63, 3.8) is 0 Å². The molecule has 0 aliphatic carbocycles. The first kappa shape index (κ1) is 29.7. The van der Waals surface area contributed by atoms with E-state index in [0.717, 1.165) is 46.6 Å². The van der Waals surface area contributed by atoms with Gasteiger partial charge in [0, 0.05) is 53.4 Å². The molecule has 5 rings (SSSR count). The number of nitrogens with zero attached hydrogens (tertiary/aromatic N) is 2. The molecule has 10 heteroatoms. The molecule has 1 saturated heterocycles. The molecule has 1 aliphatic rings. The summed E-state index contributed by atoms with van der Waals surface area (Å²) in [6.07, 6.45) is 0. The van der Waals surface area contributed by atoms with Gasteiger partial charge in [-0.25, -0.2) is 4.79 Å². The smallest absolute Gasteiger partial charge is 0.355 e. The molecule has 1 amide bonds. The number of anilines is 1.